The zero-order chi connectivity index (χ0) is 18.5. The maximum absolute atomic E-state index is 12.4. The Kier molecular flexibility index (Phi) is 3.60. The van der Waals surface area contributed by atoms with Crippen LogP contribution in [0, 0.1) is 5.92 Å². The Hall–Kier alpha value is -3.02. The van der Waals surface area contributed by atoms with Crippen molar-refractivity contribution in [3.63, 3.8) is 0 Å². The van der Waals surface area contributed by atoms with Crippen molar-refractivity contribution in [3.05, 3.63) is 47.8 Å². The number of amides is 1. The molecule has 0 saturated carbocycles. The standard InChI is InChI=1S/C21H21N3O3/c1-12(2)10-24-17-6-4-3-5-15(17)23-21(24)14-8-20(25)22-16-9-19-18(7-13(14)16)26-11-27-19/h3-7,9,12,14H,8,10-11H2,1-2H3,(H,22,25)/t14-/m0/s1. The molecule has 2 aliphatic rings. The zero-order valence-electron chi connectivity index (χ0n) is 15.4. The SMILES string of the molecule is CC(C)Cn1c([C@H]2CC(=O)Nc3cc4c(cc32)OCO4)nc2ccccc21. The average Bonchev–Trinajstić information content (AvgIpc) is 3.23. The Morgan fingerprint density at radius 1 is 1.22 bits per heavy atom. The number of ether oxygens (including phenoxy) is 2. The number of carbonyl (C=O) groups is 1. The Morgan fingerprint density at radius 2 is 2.00 bits per heavy atom. The van der Waals surface area contributed by atoms with Gasteiger partial charge in [-0.1, -0.05) is 26.0 Å². The van der Waals surface area contributed by atoms with E-state index < -0.39 is 0 Å². The van der Waals surface area contributed by atoms with Gasteiger partial charge in [0, 0.05) is 24.7 Å². The first-order valence-corrected chi connectivity index (χ1v) is 9.28. The summed E-state index contributed by atoms with van der Waals surface area (Å²) >= 11 is 0. The average molecular weight is 363 g/mol. The van der Waals surface area contributed by atoms with E-state index in [0.29, 0.717) is 18.1 Å². The summed E-state index contributed by atoms with van der Waals surface area (Å²) in [6.07, 6.45) is 0.369. The van der Waals surface area contributed by atoms with Gasteiger partial charge >= 0.3 is 0 Å². The molecule has 1 atom stereocenters. The fourth-order valence-electron chi connectivity index (χ4n) is 4.00. The summed E-state index contributed by atoms with van der Waals surface area (Å²) in [5, 5.41) is 2.97. The lowest BCUT2D eigenvalue weighted by Crippen LogP contribution is -2.25. The lowest BCUT2D eigenvalue weighted by molar-refractivity contribution is -0.116. The van der Waals surface area contributed by atoms with Crippen LogP contribution in [-0.2, 0) is 11.3 Å². The van der Waals surface area contributed by atoms with Crippen LogP contribution < -0.4 is 14.8 Å². The normalized spacial score (nSPS) is 18.0. The van der Waals surface area contributed by atoms with Crippen LogP contribution in [-0.4, -0.2) is 22.3 Å². The highest BCUT2D eigenvalue weighted by atomic mass is 16.7. The number of nitrogens with zero attached hydrogens (tertiary/aromatic N) is 2. The second-order valence-electron chi connectivity index (χ2n) is 7.56. The fourth-order valence-corrected chi connectivity index (χ4v) is 4.00. The van der Waals surface area contributed by atoms with Gasteiger partial charge in [-0.05, 0) is 29.7 Å². The van der Waals surface area contributed by atoms with Gasteiger partial charge in [-0.15, -0.1) is 0 Å². The Morgan fingerprint density at radius 3 is 2.81 bits per heavy atom. The number of para-hydroxylation sites is 2. The fraction of sp³-hybridized carbons (Fsp3) is 0.333. The Bertz CT molecular complexity index is 1050. The predicted molar refractivity (Wildman–Crippen MR) is 102 cm³/mol. The molecule has 0 radical (unpaired) electrons. The van der Waals surface area contributed by atoms with Crippen molar-refractivity contribution in [1.29, 1.82) is 0 Å². The quantitative estimate of drug-likeness (QED) is 0.767. The van der Waals surface area contributed by atoms with Crippen LogP contribution in [0.2, 0.25) is 0 Å². The number of rotatable bonds is 3. The highest BCUT2D eigenvalue weighted by Gasteiger charge is 2.33. The number of carbonyl (C=O) groups excluding carboxylic acids is 1. The molecule has 1 N–H and O–H groups in total. The summed E-state index contributed by atoms with van der Waals surface area (Å²) in [4.78, 5) is 17.4. The van der Waals surface area contributed by atoms with Gasteiger partial charge in [-0.25, -0.2) is 4.98 Å². The number of anilines is 1. The number of imidazole rings is 1. The molecular weight excluding hydrogens is 342 g/mol. The molecule has 138 valence electrons. The summed E-state index contributed by atoms with van der Waals surface area (Å²) in [7, 11) is 0. The summed E-state index contributed by atoms with van der Waals surface area (Å²) in [6.45, 7) is 5.45. The molecule has 5 rings (SSSR count). The largest absolute Gasteiger partial charge is 0.454 e. The van der Waals surface area contributed by atoms with Gasteiger partial charge in [0.15, 0.2) is 11.5 Å². The molecule has 27 heavy (non-hydrogen) atoms. The van der Waals surface area contributed by atoms with Crippen LogP contribution in [0.25, 0.3) is 11.0 Å². The number of aromatic nitrogens is 2. The van der Waals surface area contributed by atoms with E-state index in [4.69, 9.17) is 14.5 Å². The molecule has 1 amide bonds. The second kappa shape index (κ2) is 6.01. The van der Waals surface area contributed by atoms with Crippen molar-refractivity contribution in [2.45, 2.75) is 32.7 Å². The molecule has 0 spiro atoms. The third-order valence-corrected chi connectivity index (χ3v) is 5.13. The molecular formula is C21H21N3O3. The van der Waals surface area contributed by atoms with Gasteiger partial charge in [0.25, 0.3) is 0 Å². The molecule has 0 aliphatic carbocycles. The van der Waals surface area contributed by atoms with E-state index in [0.717, 1.165) is 40.4 Å². The van der Waals surface area contributed by atoms with Gasteiger partial charge in [-0.2, -0.15) is 0 Å². The molecule has 0 saturated heterocycles. The van der Waals surface area contributed by atoms with Crippen molar-refractivity contribution in [3.8, 4) is 11.5 Å². The molecule has 3 heterocycles. The molecule has 2 aliphatic heterocycles. The van der Waals surface area contributed by atoms with Gasteiger partial charge in [-0.3, -0.25) is 4.79 Å². The highest BCUT2D eigenvalue weighted by Crippen LogP contribution is 2.45. The minimum Gasteiger partial charge on any atom is -0.454 e. The summed E-state index contributed by atoms with van der Waals surface area (Å²) in [6, 6.07) is 12.0. The van der Waals surface area contributed by atoms with Crippen molar-refractivity contribution >= 4 is 22.6 Å². The van der Waals surface area contributed by atoms with Crippen LogP contribution in [0.5, 0.6) is 11.5 Å². The maximum Gasteiger partial charge on any atom is 0.231 e. The maximum atomic E-state index is 12.4. The number of nitrogens with one attached hydrogen (secondary N) is 1. The lowest BCUT2D eigenvalue weighted by Gasteiger charge is -2.26. The smallest absolute Gasteiger partial charge is 0.231 e. The van der Waals surface area contributed by atoms with Gasteiger partial charge in [0.05, 0.1) is 17.0 Å². The number of hydrogen-bond donors (Lipinski definition) is 1. The molecule has 0 bridgehead atoms. The molecule has 0 unspecified atom stereocenters. The Labute approximate surface area is 157 Å². The topological polar surface area (TPSA) is 65.4 Å². The van der Waals surface area contributed by atoms with Crippen molar-refractivity contribution < 1.29 is 14.3 Å². The Balaban J connectivity index is 1.70. The van der Waals surface area contributed by atoms with Gasteiger partial charge in [0.2, 0.25) is 12.7 Å². The molecule has 1 aromatic heterocycles. The molecule has 2 aromatic carbocycles. The minimum absolute atomic E-state index is 0.00508. The highest BCUT2D eigenvalue weighted by molar-refractivity contribution is 5.96. The number of fused-ring (bicyclic) bond motifs is 3. The van der Waals surface area contributed by atoms with E-state index in [-0.39, 0.29) is 18.6 Å². The van der Waals surface area contributed by atoms with Gasteiger partial charge in [0.1, 0.15) is 5.82 Å². The monoisotopic (exact) mass is 363 g/mol. The summed E-state index contributed by atoms with van der Waals surface area (Å²) < 4.78 is 13.3. The van der Waals surface area contributed by atoms with Crippen molar-refractivity contribution in [2.75, 3.05) is 12.1 Å². The molecule has 6 nitrogen and oxygen atoms in total. The van der Waals surface area contributed by atoms with E-state index in [1.165, 1.54) is 0 Å². The lowest BCUT2D eigenvalue weighted by atomic mass is 9.89. The third-order valence-electron chi connectivity index (χ3n) is 5.13. The third kappa shape index (κ3) is 2.63. The molecule has 0 fully saturated rings. The van der Waals surface area contributed by atoms with E-state index in [1.54, 1.807) is 0 Å². The summed E-state index contributed by atoms with van der Waals surface area (Å²) in [5.74, 6) is 2.67. The van der Waals surface area contributed by atoms with Crippen LogP contribution in [0.3, 0.4) is 0 Å². The second-order valence-corrected chi connectivity index (χ2v) is 7.56. The van der Waals surface area contributed by atoms with Crippen LogP contribution in [0.15, 0.2) is 36.4 Å². The van der Waals surface area contributed by atoms with Crippen LogP contribution in [0.4, 0.5) is 5.69 Å². The predicted octanol–water partition coefficient (Wildman–Crippen LogP) is 3.90. The van der Waals surface area contributed by atoms with E-state index in [9.17, 15) is 4.79 Å². The zero-order valence-corrected chi connectivity index (χ0v) is 15.4. The van der Waals surface area contributed by atoms with E-state index >= 15 is 0 Å². The molecule has 3 aromatic rings. The van der Waals surface area contributed by atoms with Crippen molar-refractivity contribution in [1.82, 2.24) is 9.55 Å². The molecule has 6 heteroatoms. The first-order chi connectivity index (χ1) is 13.1. The van der Waals surface area contributed by atoms with Gasteiger partial charge < -0.3 is 19.4 Å². The van der Waals surface area contributed by atoms with E-state index in [1.807, 2.05) is 30.3 Å². The van der Waals surface area contributed by atoms with E-state index in [2.05, 4.69) is 29.8 Å². The number of benzene rings is 2. The first-order valence-electron chi connectivity index (χ1n) is 9.28. The number of hydrogen-bond acceptors (Lipinski definition) is 4. The van der Waals surface area contributed by atoms with Crippen molar-refractivity contribution in [2.24, 2.45) is 5.92 Å². The first kappa shape index (κ1) is 16.2. The van der Waals surface area contributed by atoms with Crippen LogP contribution >= 0.6 is 0 Å². The summed E-state index contributed by atoms with van der Waals surface area (Å²) in [5.41, 5.74) is 3.87. The minimum atomic E-state index is -0.116. The van der Waals surface area contributed by atoms with Crippen LogP contribution in [0.1, 0.15) is 37.6 Å².